The van der Waals surface area contributed by atoms with Crippen LogP contribution in [0.15, 0.2) is 35.0 Å². The molecule has 0 radical (unpaired) electrons. The fourth-order valence-corrected chi connectivity index (χ4v) is 4.61. The molecule has 1 saturated carbocycles. The lowest BCUT2D eigenvalue weighted by Gasteiger charge is -2.32. The molecule has 1 aliphatic heterocycles. The highest BCUT2D eigenvalue weighted by Crippen LogP contribution is 2.59. The van der Waals surface area contributed by atoms with Gasteiger partial charge in [-0.15, -0.1) is 0 Å². The Morgan fingerprint density at radius 3 is 2.80 bits per heavy atom. The number of pyridine rings is 1. The summed E-state index contributed by atoms with van der Waals surface area (Å²) < 4.78 is 7.32. The van der Waals surface area contributed by atoms with Crippen molar-refractivity contribution in [3.8, 4) is 0 Å². The molecular weight excluding hydrogens is 382 g/mol. The number of nitrogens with zero attached hydrogens (tertiary/aromatic N) is 4. The van der Waals surface area contributed by atoms with Gasteiger partial charge in [0.05, 0.1) is 6.20 Å². The van der Waals surface area contributed by atoms with Gasteiger partial charge in [-0.3, -0.25) is 19.3 Å². The minimum atomic E-state index is -0.189. The Morgan fingerprint density at radius 1 is 1.30 bits per heavy atom. The van der Waals surface area contributed by atoms with Crippen molar-refractivity contribution >= 4 is 22.8 Å². The number of furan rings is 1. The van der Waals surface area contributed by atoms with Crippen molar-refractivity contribution in [1.29, 1.82) is 0 Å². The highest BCUT2D eigenvalue weighted by Gasteiger charge is 2.54. The van der Waals surface area contributed by atoms with Gasteiger partial charge >= 0.3 is 0 Å². The summed E-state index contributed by atoms with van der Waals surface area (Å²) in [4.78, 5) is 31.1. The van der Waals surface area contributed by atoms with Gasteiger partial charge in [-0.05, 0) is 55.7 Å². The van der Waals surface area contributed by atoms with Crippen molar-refractivity contribution in [3.05, 3.63) is 47.7 Å². The van der Waals surface area contributed by atoms with Crippen LogP contribution >= 0.6 is 0 Å². The number of hydrogen-bond donors (Lipinski definition) is 1. The number of piperidine rings is 1. The molecule has 30 heavy (non-hydrogen) atoms. The van der Waals surface area contributed by atoms with Gasteiger partial charge in [0.1, 0.15) is 0 Å². The van der Waals surface area contributed by atoms with Crippen LogP contribution in [0.4, 0.5) is 0 Å². The molecule has 8 heteroatoms. The van der Waals surface area contributed by atoms with E-state index < -0.39 is 0 Å². The van der Waals surface area contributed by atoms with Crippen LogP contribution in [0, 0.1) is 18.3 Å². The first kappa shape index (κ1) is 18.8. The molecule has 1 N–H and O–H groups in total. The van der Waals surface area contributed by atoms with E-state index in [0.717, 1.165) is 43.4 Å². The van der Waals surface area contributed by atoms with Crippen LogP contribution in [0.1, 0.15) is 46.0 Å². The van der Waals surface area contributed by atoms with Crippen molar-refractivity contribution < 1.29 is 14.0 Å². The van der Waals surface area contributed by atoms with Crippen LogP contribution in [0.5, 0.6) is 0 Å². The number of aromatic nitrogens is 3. The summed E-state index contributed by atoms with van der Waals surface area (Å²) in [6, 6.07) is 5.42. The maximum absolute atomic E-state index is 12.7. The molecule has 1 aliphatic carbocycles. The minimum absolute atomic E-state index is 0.0124. The van der Waals surface area contributed by atoms with Gasteiger partial charge in [0.15, 0.2) is 17.0 Å². The van der Waals surface area contributed by atoms with Crippen LogP contribution in [0.3, 0.4) is 0 Å². The number of hydrogen-bond acceptors (Lipinski definition) is 5. The SMILES string of the molecule is Cc1cc(C(=O)N2CCC3(CC2)CC3CNC(=O)c2cc3ccncc3o2)nn1C. The zero-order valence-corrected chi connectivity index (χ0v) is 17.2. The van der Waals surface area contributed by atoms with E-state index in [4.69, 9.17) is 4.42 Å². The van der Waals surface area contributed by atoms with Crippen LogP contribution in [-0.4, -0.2) is 51.1 Å². The van der Waals surface area contributed by atoms with Crippen molar-refractivity contribution in [2.45, 2.75) is 26.2 Å². The summed E-state index contributed by atoms with van der Waals surface area (Å²) in [5, 5.41) is 8.20. The van der Waals surface area contributed by atoms with Crippen LogP contribution in [0.25, 0.3) is 11.0 Å². The highest BCUT2D eigenvalue weighted by atomic mass is 16.3. The molecule has 3 aromatic rings. The molecule has 4 heterocycles. The number of rotatable bonds is 4. The molecule has 2 aliphatic rings. The van der Waals surface area contributed by atoms with E-state index in [1.165, 1.54) is 0 Å². The number of fused-ring (bicyclic) bond motifs is 1. The Labute approximate surface area is 174 Å². The molecule has 1 saturated heterocycles. The van der Waals surface area contributed by atoms with Crippen molar-refractivity contribution in [2.24, 2.45) is 18.4 Å². The van der Waals surface area contributed by atoms with Crippen molar-refractivity contribution in [1.82, 2.24) is 25.0 Å². The minimum Gasteiger partial charge on any atom is -0.449 e. The normalized spacial score (nSPS) is 19.9. The summed E-state index contributed by atoms with van der Waals surface area (Å²) in [6.45, 7) is 4.08. The third-order valence-corrected chi connectivity index (χ3v) is 6.79. The molecule has 5 rings (SSSR count). The van der Waals surface area contributed by atoms with Gasteiger partial charge in [0.2, 0.25) is 0 Å². The van der Waals surface area contributed by atoms with Crippen LogP contribution < -0.4 is 5.32 Å². The smallest absolute Gasteiger partial charge is 0.287 e. The second kappa shape index (κ2) is 6.97. The monoisotopic (exact) mass is 407 g/mol. The Hall–Kier alpha value is -3.16. The lowest BCUT2D eigenvalue weighted by Crippen LogP contribution is -2.40. The summed E-state index contributed by atoms with van der Waals surface area (Å²) in [6.07, 6.45) is 6.34. The standard InChI is InChI=1S/C22H25N5O3/c1-14-9-17(25-26(14)2)21(29)27-7-4-22(5-8-27)11-16(22)12-24-20(28)18-10-15-3-6-23-13-19(15)30-18/h3,6,9-10,13,16H,4-5,7-8,11-12H2,1-2H3,(H,24,28). The van der Waals surface area contributed by atoms with Crippen LogP contribution in [0.2, 0.25) is 0 Å². The summed E-state index contributed by atoms with van der Waals surface area (Å²) in [5.41, 5.74) is 2.37. The Balaban J connectivity index is 1.14. The zero-order chi connectivity index (χ0) is 20.9. The first-order chi connectivity index (χ1) is 14.4. The largest absolute Gasteiger partial charge is 0.449 e. The van der Waals surface area contributed by atoms with Crippen molar-refractivity contribution in [3.63, 3.8) is 0 Å². The van der Waals surface area contributed by atoms with E-state index >= 15 is 0 Å². The third-order valence-electron chi connectivity index (χ3n) is 6.79. The van der Waals surface area contributed by atoms with E-state index in [1.807, 2.05) is 31.0 Å². The average Bonchev–Trinajstić information content (AvgIpc) is 3.08. The number of likely N-dealkylation sites (tertiary alicyclic amines) is 1. The van der Waals surface area contributed by atoms with Gasteiger partial charge in [-0.1, -0.05) is 0 Å². The van der Waals surface area contributed by atoms with E-state index in [-0.39, 0.29) is 17.2 Å². The topological polar surface area (TPSA) is 93.3 Å². The molecule has 1 spiro atoms. The molecular formula is C22H25N5O3. The average molecular weight is 407 g/mol. The molecule has 8 nitrogen and oxygen atoms in total. The van der Waals surface area contributed by atoms with E-state index in [0.29, 0.717) is 29.5 Å². The van der Waals surface area contributed by atoms with Gasteiger partial charge < -0.3 is 14.6 Å². The van der Waals surface area contributed by atoms with Crippen molar-refractivity contribution in [2.75, 3.05) is 19.6 Å². The molecule has 1 atom stereocenters. The van der Waals surface area contributed by atoms with Gasteiger partial charge in [0, 0.05) is 44.0 Å². The van der Waals surface area contributed by atoms with Gasteiger partial charge in [-0.25, -0.2) is 0 Å². The molecule has 2 fully saturated rings. The molecule has 1 unspecified atom stereocenters. The lowest BCUT2D eigenvalue weighted by atomic mass is 9.90. The summed E-state index contributed by atoms with van der Waals surface area (Å²) in [5.74, 6) is 0.602. The molecule has 0 bridgehead atoms. The molecule has 3 aromatic heterocycles. The fourth-order valence-electron chi connectivity index (χ4n) is 4.61. The predicted molar refractivity (Wildman–Crippen MR) is 110 cm³/mol. The third kappa shape index (κ3) is 3.26. The molecule has 2 amide bonds. The number of nitrogens with one attached hydrogen (secondary N) is 1. The predicted octanol–water partition coefficient (Wildman–Crippen LogP) is 2.54. The Morgan fingerprint density at radius 2 is 2.10 bits per heavy atom. The van der Waals surface area contributed by atoms with E-state index in [1.54, 1.807) is 23.1 Å². The second-order valence-corrected chi connectivity index (χ2v) is 8.58. The second-order valence-electron chi connectivity index (χ2n) is 8.58. The first-order valence-corrected chi connectivity index (χ1v) is 10.4. The fraction of sp³-hybridized carbons (Fsp3) is 0.455. The number of amides is 2. The summed E-state index contributed by atoms with van der Waals surface area (Å²) in [7, 11) is 1.85. The Bertz CT molecular complexity index is 1070. The number of carbonyl (C=O) groups is 2. The summed E-state index contributed by atoms with van der Waals surface area (Å²) >= 11 is 0. The maximum Gasteiger partial charge on any atom is 0.287 e. The number of carbonyl (C=O) groups excluding carboxylic acids is 2. The van der Waals surface area contributed by atoms with E-state index in [2.05, 4.69) is 15.4 Å². The first-order valence-electron chi connectivity index (χ1n) is 10.4. The lowest BCUT2D eigenvalue weighted by molar-refractivity contribution is 0.0662. The highest BCUT2D eigenvalue weighted by molar-refractivity contribution is 5.96. The quantitative estimate of drug-likeness (QED) is 0.717. The maximum atomic E-state index is 12.7. The zero-order valence-electron chi connectivity index (χ0n) is 17.2. The van der Waals surface area contributed by atoms with Crippen LogP contribution in [-0.2, 0) is 7.05 Å². The molecule has 156 valence electrons. The van der Waals surface area contributed by atoms with E-state index in [9.17, 15) is 9.59 Å². The molecule has 0 aromatic carbocycles. The van der Waals surface area contributed by atoms with Gasteiger partial charge in [-0.2, -0.15) is 5.10 Å². The Kier molecular flexibility index (Phi) is 4.38. The van der Waals surface area contributed by atoms with Gasteiger partial charge in [0.25, 0.3) is 11.8 Å². The number of aryl methyl sites for hydroxylation is 2.